The Balaban J connectivity index is 1.58. The summed E-state index contributed by atoms with van der Waals surface area (Å²) in [6.45, 7) is 1.71. The van der Waals surface area contributed by atoms with Gasteiger partial charge in [-0.05, 0) is 55.5 Å². The Bertz CT molecular complexity index is 1240. The second kappa shape index (κ2) is 6.58. The number of aliphatic hydroxyl groups excluding tert-OH is 1. The van der Waals surface area contributed by atoms with Crippen LogP contribution in [0.5, 0.6) is 5.75 Å². The first-order valence-corrected chi connectivity index (χ1v) is 11.3. The number of methoxy groups -OCH3 is 1. The third-order valence-electron chi connectivity index (χ3n) is 6.09. The van der Waals surface area contributed by atoms with Crippen LogP contribution in [0.2, 0.25) is 0 Å². The molecular weight excluding hydrogens is 404 g/mol. The molecule has 7 nitrogen and oxygen atoms in total. The van der Waals surface area contributed by atoms with E-state index in [0.717, 1.165) is 29.5 Å². The Labute approximate surface area is 174 Å². The maximum absolute atomic E-state index is 13.0. The first-order valence-electron chi connectivity index (χ1n) is 9.82. The standard InChI is InChI=1S/C22H22N2O5S/c1-13(25)14-7-8-17-15(11-14)20-16(12-22(17)9-10-22)21(23-29-20)24-30(26,27)19-6-4-3-5-18(19)28-2/h3-8,11,13,25H,9-10,12H2,1-2H3,(H,23,24). The van der Waals surface area contributed by atoms with Crippen LogP contribution in [-0.4, -0.2) is 25.8 Å². The second-order valence-corrected chi connectivity index (χ2v) is 9.68. The number of aliphatic hydroxyl groups is 1. The normalized spacial score (nSPS) is 17.2. The van der Waals surface area contributed by atoms with Crippen molar-refractivity contribution in [2.45, 2.75) is 42.6 Å². The van der Waals surface area contributed by atoms with Crippen molar-refractivity contribution in [3.8, 4) is 17.1 Å². The number of hydrogen-bond donors (Lipinski definition) is 2. The molecule has 0 saturated heterocycles. The first-order chi connectivity index (χ1) is 14.3. The summed E-state index contributed by atoms with van der Waals surface area (Å²) < 4.78 is 39.5. The van der Waals surface area contributed by atoms with Gasteiger partial charge in [-0.15, -0.1) is 0 Å². The first kappa shape index (κ1) is 19.1. The molecule has 5 rings (SSSR count). The van der Waals surface area contributed by atoms with Crippen molar-refractivity contribution in [3.63, 3.8) is 0 Å². The quantitative estimate of drug-likeness (QED) is 0.644. The Kier molecular flexibility index (Phi) is 4.20. The molecule has 156 valence electrons. The summed E-state index contributed by atoms with van der Waals surface area (Å²) in [5, 5.41) is 14.1. The fourth-order valence-electron chi connectivity index (χ4n) is 4.29. The van der Waals surface area contributed by atoms with Gasteiger partial charge in [0.25, 0.3) is 10.0 Å². The van der Waals surface area contributed by atoms with Gasteiger partial charge in [-0.25, -0.2) is 8.42 Å². The zero-order valence-corrected chi connectivity index (χ0v) is 17.5. The van der Waals surface area contributed by atoms with Crippen molar-refractivity contribution < 1.29 is 22.8 Å². The van der Waals surface area contributed by atoms with Gasteiger partial charge >= 0.3 is 0 Å². The molecule has 0 radical (unpaired) electrons. The van der Waals surface area contributed by atoms with E-state index in [9.17, 15) is 13.5 Å². The number of hydrogen-bond acceptors (Lipinski definition) is 6. The van der Waals surface area contributed by atoms with Gasteiger partial charge in [0.2, 0.25) is 0 Å². The lowest BCUT2D eigenvalue weighted by molar-refractivity contribution is 0.199. The molecule has 1 atom stereocenters. The van der Waals surface area contributed by atoms with Crippen LogP contribution in [0.1, 0.15) is 42.6 Å². The summed E-state index contributed by atoms with van der Waals surface area (Å²) in [6, 6.07) is 12.3. The van der Waals surface area contributed by atoms with Crippen LogP contribution >= 0.6 is 0 Å². The van der Waals surface area contributed by atoms with Crippen LogP contribution in [0.15, 0.2) is 51.9 Å². The van der Waals surface area contributed by atoms with Crippen LogP contribution < -0.4 is 9.46 Å². The molecule has 0 amide bonds. The van der Waals surface area contributed by atoms with E-state index in [4.69, 9.17) is 9.26 Å². The largest absolute Gasteiger partial charge is 0.495 e. The van der Waals surface area contributed by atoms with E-state index in [1.54, 1.807) is 25.1 Å². The molecule has 2 aromatic carbocycles. The van der Waals surface area contributed by atoms with Gasteiger partial charge in [0.15, 0.2) is 11.6 Å². The van der Waals surface area contributed by atoms with E-state index in [1.165, 1.54) is 18.7 Å². The Morgan fingerprint density at radius 1 is 1.23 bits per heavy atom. The molecule has 1 spiro atoms. The van der Waals surface area contributed by atoms with Gasteiger partial charge in [-0.3, -0.25) is 4.72 Å². The van der Waals surface area contributed by atoms with Gasteiger partial charge in [-0.1, -0.05) is 29.4 Å². The van der Waals surface area contributed by atoms with Crippen LogP contribution in [-0.2, 0) is 21.9 Å². The average molecular weight is 426 g/mol. The maximum atomic E-state index is 13.0. The minimum absolute atomic E-state index is 0.0181. The van der Waals surface area contributed by atoms with Crippen LogP contribution in [0.4, 0.5) is 5.82 Å². The number of rotatable bonds is 5. The van der Waals surface area contributed by atoms with Crippen molar-refractivity contribution >= 4 is 15.8 Å². The molecule has 2 N–H and O–H groups in total. The van der Waals surface area contributed by atoms with Gasteiger partial charge in [0.05, 0.1) is 13.2 Å². The lowest BCUT2D eigenvalue weighted by atomic mass is 9.78. The van der Waals surface area contributed by atoms with Crippen LogP contribution in [0.25, 0.3) is 11.3 Å². The number of para-hydroxylation sites is 1. The second-order valence-electron chi connectivity index (χ2n) is 8.03. The highest BCUT2D eigenvalue weighted by Crippen LogP contribution is 2.58. The number of nitrogens with zero attached hydrogens (tertiary/aromatic N) is 1. The summed E-state index contributed by atoms with van der Waals surface area (Å²) in [6.07, 6.45) is 2.10. The van der Waals surface area contributed by atoms with Gasteiger partial charge < -0.3 is 14.4 Å². The molecule has 1 aromatic heterocycles. The molecule has 1 saturated carbocycles. The number of anilines is 1. The van der Waals surface area contributed by atoms with E-state index in [2.05, 4.69) is 15.9 Å². The molecule has 0 aliphatic heterocycles. The molecular formula is C22H22N2O5S. The summed E-state index contributed by atoms with van der Waals surface area (Å²) in [5.41, 5.74) is 3.57. The molecule has 0 bridgehead atoms. The highest BCUT2D eigenvalue weighted by Gasteiger charge is 2.50. The maximum Gasteiger partial charge on any atom is 0.266 e. The smallest absolute Gasteiger partial charge is 0.266 e. The van der Waals surface area contributed by atoms with Crippen molar-refractivity contribution in [1.82, 2.24) is 5.16 Å². The van der Waals surface area contributed by atoms with E-state index >= 15 is 0 Å². The molecule has 8 heteroatoms. The molecule has 3 aromatic rings. The third kappa shape index (κ3) is 2.90. The minimum atomic E-state index is -3.91. The van der Waals surface area contributed by atoms with Gasteiger partial charge in [-0.2, -0.15) is 0 Å². The Morgan fingerprint density at radius 2 is 2.00 bits per heavy atom. The van der Waals surface area contributed by atoms with E-state index in [-0.39, 0.29) is 21.9 Å². The molecule has 1 heterocycles. The van der Waals surface area contributed by atoms with Gasteiger partial charge in [0, 0.05) is 16.5 Å². The number of fused-ring (bicyclic) bond motifs is 4. The minimum Gasteiger partial charge on any atom is -0.495 e. The number of sulfonamides is 1. The summed E-state index contributed by atoms with van der Waals surface area (Å²) in [4.78, 5) is 0.0398. The Morgan fingerprint density at radius 3 is 2.70 bits per heavy atom. The third-order valence-corrected chi connectivity index (χ3v) is 7.47. The van der Waals surface area contributed by atoms with Crippen LogP contribution in [0.3, 0.4) is 0 Å². The molecule has 1 fully saturated rings. The van der Waals surface area contributed by atoms with E-state index < -0.39 is 16.1 Å². The Hall–Kier alpha value is -2.84. The zero-order valence-electron chi connectivity index (χ0n) is 16.7. The molecule has 2 aliphatic carbocycles. The summed E-state index contributed by atoms with van der Waals surface area (Å²) in [7, 11) is -2.48. The van der Waals surface area contributed by atoms with Crippen molar-refractivity contribution in [3.05, 3.63) is 59.2 Å². The fraction of sp³-hybridized carbons (Fsp3) is 0.318. The zero-order chi connectivity index (χ0) is 21.1. The van der Waals surface area contributed by atoms with Gasteiger partial charge in [0.1, 0.15) is 10.6 Å². The van der Waals surface area contributed by atoms with E-state index in [0.29, 0.717) is 12.2 Å². The number of nitrogens with one attached hydrogen (secondary N) is 1. The lowest BCUT2D eigenvalue weighted by Gasteiger charge is -2.25. The van der Waals surface area contributed by atoms with Crippen molar-refractivity contribution in [2.24, 2.45) is 0 Å². The predicted octanol–water partition coefficient (Wildman–Crippen LogP) is 3.79. The van der Waals surface area contributed by atoms with Crippen LogP contribution in [0, 0.1) is 0 Å². The topological polar surface area (TPSA) is 102 Å². The monoisotopic (exact) mass is 426 g/mol. The van der Waals surface area contributed by atoms with Crippen molar-refractivity contribution in [1.29, 1.82) is 0 Å². The highest BCUT2D eigenvalue weighted by atomic mass is 32.2. The lowest BCUT2D eigenvalue weighted by Crippen LogP contribution is -2.20. The SMILES string of the molecule is COc1ccccc1S(=O)(=O)Nc1noc2c1CC1(CC1)c1ccc(C(C)O)cc1-2. The molecule has 1 unspecified atom stereocenters. The van der Waals surface area contributed by atoms with Crippen molar-refractivity contribution in [2.75, 3.05) is 11.8 Å². The molecule has 2 aliphatic rings. The number of benzene rings is 2. The van der Waals surface area contributed by atoms with E-state index in [1.807, 2.05) is 12.1 Å². The molecule has 30 heavy (non-hydrogen) atoms. The number of aromatic nitrogens is 1. The summed E-state index contributed by atoms with van der Waals surface area (Å²) >= 11 is 0. The fourth-order valence-corrected chi connectivity index (χ4v) is 5.49. The number of ether oxygens (including phenoxy) is 1. The predicted molar refractivity (Wildman–Crippen MR) is 111 cm³/mol. The highest BCUT2D eigenvalue weighted by molar-refractivity contribution is 7.92. The summed E-state index contributed by atoms with van der Waals surface area (Å²) in [5.74, 6) is 1.02. The average Bonchev–Trinajstić information content (AvgIpc) is 3.41.